The molecule has 0 saturated heterocycles. The van der Waals surface area contributed by atoms with Gasteiger partial charge in [-0.05, 0) is 59.3 Å². The first-order valence-corrected chi connectivity index (χ1v) is 9.17. The van der Waals surface area contributed by atoms with E-state index < -0.39 is 0 Å². The summed E-state index contributed by atoms with van der Waals surface area (Å²) in [7, 11) is 0. The Bertz CT molecular complexity index is 425. The molecule has 1 aromatic carbocycles. The molecule has 0 amide bonds. The molecule has 2 saturated carbocycles. The zero-order valence-electron chi connectivity index (χ0n) is 11.3. The summed E-state index contributed by atoms with van der Waals surface area (Å²) in [4.78, 5) is 1.42. The van der Waals surface area contributed by atoms with Crippen LogP contribution in [-0.2, 0) is 6.54 Å². The zero-order valence-corrected chi connectivity index (χ0v) is 13.7. The molecule has 19 heavy (non-hydrogen) atoms. The Morgan fingerprint density at radius 1 is 1.11 bits per heavy atom. The summed E-state index contributed by atoms with van der Waals surface area (Å²) in [5.41, 5.74) is 1.40. The fraction of sp³-hybridized carbons (Fsp3) is 0.625. The second-order valence-electron chi connectivity index (χ2n) is 5.80. The molecule has 0 aromatic heterocycles. The van der Waals surface area contributed by atoms with E-state index in [2.05, 4.69) is 51.2 Å². The predicted octanol–water partition coefficient (Wildman–Crippen LogP) is 5.13. The first-order valence-electron chi connectivity index (χ1n) is 7.50. The molecule has 0 bridgehead atoms. The average Bonchev–Trinajstić information content (AvgIpc) is 3.25. The van der Waals surface area contributed by atoms with Crippen LogP contribution in [0.25, 0.3) is 0 Å². The Kier molecular flexibility index (Phi) is 4.88. The fourth-order valence-electron chi connectivity index (χ4n) is 2.66. The predicted molar refractivity (Wildman–Crippen MR) is 86.7 cm³/mol. The molecule has 2 fully saturated rings. The number of rotatable bonds is 5. The number of halogens is 1. The van der Waals surface area contributed by atoms with Gasteiger partial charge in [0.05, 0.1) is 0 Å². The second kappa shape index (κ2) is 6.64. The van der Waals surface area contributed by atoms with Crippen LogP contribution in [0.4, 0.5) is 0 Å². The summed E-state index contributed by atoms with van der Waals surface area (Å²) in [6, 6.07) is 7.66. The summed E-state index contributed by atoms with van der Waals surface area (Å²) in [5, 5.41) is 4.41. The van der Waals surface area contributed by atoms with Gasteiger partial charge < -0.3 is 5.32 Å². The number of nitrogens with one attached hydrogen (secondary N) is 1. The van der Waals surface area contributed by atoms with Crippen LogP contribution in [0, 0.1) is 0 Å². The van der Waals surface area contributed by atoms with Gasteiger partial charge in [0.2, 0.25) is 0 Å². The van der Waals surface area contributed by atoms with Crippen LogP contribution in [0.15, 0.2) is 27.6 Å². The molecule has 1 nitrogen and oxygen atoms in total. The smallest absolute Gasteiger partial charge is 0.0314 e. The topological polar surface area (TPSA) is 12.0 Å². The van der Waals surface area contributed by atoms with Crippen LogP contribution in [0.3, 0.4) is 0 Å². The number of hydrogen-bond donors (Lipinski definition) is 1. The van der Waals surface area contributed by atoms with E-state index >= 15 is 0 Å². The summed E-state index contributed by atoms with van der Waals surface area (Å²) in [5.74, 6) is 0. The highest BCUT2D eigenvalue weighted by molar-refractivity contribution is 9.10. The van der Waals surface area contributed by atoms with Gasteiger partial charge >= 0.3 is 0 Å². The van der Waals surface area contributed by atoms with E-state index in [1.165, 1.54) is 59.9 Å². The first-order chi connectivity index (χ1) is 9.31. The number of thioether (sulfide) groups is 1. The van der Waals surface area contributed by atoms with E-state index in [1.807, 2.05) is 0 Å². The van der Waals surface area contributed by atoms with Gasteiger partial charge in [-0.15, -0.1) is 11.8 Å². The Morgan fingerprint density at radius 2 is 1.89 bits per heavy atom. The Balaban J connectivity index is 1.58. The monoisotopic (exact) mass is 339 g/mol. The quantitative estimate of drug-likeness (QED) is 0.798. The van der Waals surface area contributed by atoms with Crippen LogP contribution in [0.5, 0.6) is 0 Å². The Labute approximate surface area is 129 Å². The third-order valence-electron chi connectivity index (χ3n) is 4.01. The highest BCUT2D eigenvalue weighted by atomic mass is 79.9. The molecule has 0 aliphatic heterocycles. The Morgan fingerprint density at radius 3 is 2.58 bits per heavy atom. The minimum absolute atomic E-state index is 0.787. The van der Waals surface area contributed by atoms with E-state index in [1.54, 1.807) is 0 Å². The number of hydrogen-bond acceptors (Lipinski definition) is 2. The maximum atomic E-state index is 3.75. The third-order valence-corrected chi connectivity index (χ3v) is 6.35. The van der Waals surface area contributed by atoms with E-state index in [-0.39, 0.29) is 0 Å². The molecular weight excluding hydrogens is 318 g/mol. The molecule has 1 aromatic rings. The van der Waals surface area contributed by atoms with Crippen LogP contribution < -0.4 is 5.32 Å². The van der Waals surface area contributed by atoms with Crippen molar-refractivity contribution in [3.63, 3.8) is 0 Å². The molecule has 104 valence electrons. The molecule has 3 rings (SSSR count). The summed E-state index contributed by atoms with van der Waals surface area (Å²) in [6.45, 7) is 1.01. The molecule has 2 aliphatic rings. The molecule has 0 spiro atoms. The normalized spacial score (nSPS) is 20.7. The van der Waals surface area contributed by atoms with Crippen LogP contribution in [0.2, 0.25) is 0 Å². The van der Waals surface area contributed by atoms with Crippen molar-refractivity contribution >= 4 is 27.7 Å². The lowest BCUT2D eigenvalue weighted by molar-refractivity contribution is 0.516. The van der Waals surface area contributed by atoms with Crippen molar-refractivity contribution in [3.8, 4) is 0 Å². The molecule has 2 aliphatic carbocycles. The second-order valence-corrected chi connectivity index (χ2v) is 7.99. The third kappa shape index (κ3) is 4.24. The highest BCUT2D eigenvalue weighted by Crippen LogP contribution is 2.37. The Hall–Kier alpha value is 0.01000. The molecule has 0 radical (unpaired) electrons. The minimum Gasteiger partial charge on any atom is -0.310 e. The van der Waals surface area contributed by atoms with E-state index in [0.717, 1.165) is 17.8 Å². The van der Waals surface area contributed by atoms with Crippen molar-refractivity contribution in [2.75, 3.05) is 0 Å². The largest absolute Gasteiger partial charge is 0.310 e. The van der Waals surface area contributed by atoms with Gasteiger partial charge in [-0.25, -0.2) is 0 Å². The van der Waals surface area contributed by atoms with Crippen molar-refractivity contribution in [3.05, 3.63) is 28.2 Å². The van der Waals surface area contributed by atoms with Gasteiger partial charge in [0.1, 0.15) is 0 Å². The maximum Gasteiger partial charge on any atom is 0.0314 e. The minimum atomic E-state index is 0.787. The van der Waals surface area contributed by atoms with Crippen LogP contribution in [0.1, 0.15) is 50.5 Å². The molecule has 1 N–H and O–H groups in total. The molecule has 0 heterocycles. The molecule has 3 heteroatoms. The van der Waals surface area contributed by atoms with Gasteiger partial charge in [0.15, 0.2) is 0 Å². The summed E-state index contributed by atoms with van der Waals surface area (Å²) >= 11 is 5.82. The average molecular weight is 340 g/mol. The van der Waals surface area contributed by atoms with Gasteiger partial charge in [0, 0.05) is 27.2 Å². The number of benzene rings is 1. The lowest BCUT2D eigenvalue weighted by Crippen LogP contribution is -2.15. The summed E-state index contributed by atoms with van der Waals surface area (Å²) < 4.78 is 1.28. The molecule has 0 unspecified atom stereocenters. The lowest BCUT2D eigenvalue weighted by atomic mass is 10.0. The van der Waals surface area contributed by atoms with Crippen LogP contribution >= 0.6 is 27.7 Å². The van der Waals surface area contributed by atoms with Gasteiger partial charge in [-0.2, -0.15) is 0 Å². The standard InChI is InChI=1S/C16H22BrNS/c17-15-10-12(11-18-13-7-8-13)6-9-16(15)19-14-4-2-1-3-5-14/h6,9-10,13-14,18H,1-5,7-8,11H2. The van der Waals surface area contributed by atoms with Crippen molar-refractivity contribution in [2.24, 2.45) is 0 Å². The SMILES string of the molecule is Brc1cc(CNC2CC2)ccc1SC1CCCCC1. The van der Waals surface area contributed by atoms with Crippen molar-refractivity contribution in [1.82, 2.24) is 5.32 Å². The maximum absolute atomic E-state index is 3.75. The lowest BCUT2D eigenvalue weighted by Gasteiger charge is -2.21. The highest BCUT2D eigenvalue weighted by Gasteiger charge is 2.20. The van der Waals surface area contributed by atoms with Gasteiger partial charge in [-0.1, -0.05) is 25.3 Å². The van der Waals surface area contributed by atoms with Gasteiger partial charge in [0.25, 0.3) is 0 Å². The van der Waals surface area contributed by atoms with Crippen molar-refractivity contribution < 1.29 is 0 Å². The first kappa shape index (κ1) is 14.0. The zero-order chi connectivity index (χ0) is 13.1. The van der Waals surface area contributed by atoms with Crippen molar-refractivity contribution in [1.29, 1.82) is 0 Å². The fourth-order valence-corrected chi connectivity index (χ4v) is 4.61. The van der Waals surface area contributed by atoms with Gasteiger partial charge in [-0.3, -0.25) is 0 Å². The molecule has 0 atom stereocenters. The van der Waals surface area contributed by atoms with Crippen LogP contribution in [-0.4, -0.2) is 11.3 Å². The van der Waals surface area contributed by atoms with E-state index in [4.69, 9.17) is 0 Å². The molecular formula is C16H22BrNS. The summed E-state index contributed by atoms with van der Waals surface area (Å²) in [6.07, 6.45) is 9.76. The van der Waals surface area contributed by atoms with E-state index in [9.17, 15) is 0 Å². The van der Waals surface area contributed by atoms with E-state index in [0.29, 0.717) is 0 Å². The van der Waals surface area contributed by atoms with Crippen molar-refractivity contribution in [2.45, 2.75) is 67.7 Å².